The van der Waals surface area contributed by atoms with Crippen LogP contribution in [0.1, 0.15) is 6.23 Å². The van der Waals surface area contributed by atoms with E-state index in [0.717, 1.165) is 10.6 Å². The fraction of sp³-hybridized carbons (Fsp3) is 0.455. The molecule has 4 N–H and O–H groups in total. The van der Waals surface area contributed by atoms with Gasteiger partial charge in [0.1, 0.15) is 24.0 Å². The number of nitrogens with one attached hydrogen (secondary N) is 1. The van der Waals surface area contributed by atoms with Crippen LogP contribution in [0.2, 0.25) is 0 Å². The van der Waals surface area contributed by atoms with E-state index in [2.05, 4.69) is 9.97 Å². The summed E-state index contributed by atoms with van der Waals surface area (Å²) in [5.41, 5.74) is -0.690. The number of fused-ring (bicyclic) bond motifs is 1. The third kappa shape index (κ3) is 1.91. The molecular weight excluding hydrogens is 273 g/mol. The third-order valence-corrected chi connectivity index (χ3v) is 3.29. The molecule has 3 heterocycles. The van der Waals surface area contributed by atoms with Crippen LogP contribution < -0.4 is 5.69 Å². The van der Waals surface area contributed by atoms with Crippen LogP contribution in [0.25, 0.3) is 11.0 Å². The van der Waals surface area contributed by atoms with Crippen molar-refractivity contribution in [2.75, 3.05) is 6.61 Å². The molecule has 2 aromatic rings. The Hall–Kier alpha value is -1.81. The Kier molecular flexibility index (Phi) is 3.05. The molecule has 0 aromatic carbocycles. The van der Waals surface area contributed by atoms with Crippen molar-refractivity contribution in [3.8, 4) is 0 Å². The number of hydrogen-bond acceptors (Lipinski definition) is 6. The van der Waals surface area contributed by atoms with Crippen LogP contribution in [-0.2, 0) is 4.74 Å². The van der Waals surface area contributed by atoms with Gasteiger partial charge in [0.05, 0.1) is 6.61 Å². The SMILES string of the molecule is O=c1nc2[nH]c(F)cc2cn1C1OC(CO)C(O)C1O. The number of aliphatic hydroxyl groups excluding tert-OH is 3. The maximum Gasteiger partial charge on any atom is 0.351 e. The summed E-state index contributed by atoms with van der Waals surface area (Å²) in [7, 11) is 0. The van der Waals surface area contributed by atoms with Gasteiger partial charge in [0, 0.05) is 17.6 Å². The summed E-state index contributed by atoms with van der Waals surface area (Å²) in [5.74, 6) is -0.647. The minimum atomic E-state index is -1.40. The summed E-state index contributed by atoms with van der Waals surface area (Å²) in [4.78, 5) is 17.8. The second-order valence-electron chi connectivity index (χ2n) is 4.58. The summed E-state index contributed by atoms with van der Waals surface area (Å²) in [6.07, 6.45) is -3.64. The normalized spacial score (nSPS) is 30.2. The lowest BCUT2D eigenvalue weighted by atomic mass is 10.1. The highest BCUT2D eigenvalue weighted by atomic mass is 19.1. The molecule has 9 heteroatoms. The van der Waals surface area contributed by atoms with Crippen LogP contribution >= 0.6 is 0 Å². The van der Waals surface area contributed by atoms with E-state index in [4.69, 9.17) is 9.84 Å². The Balaban J connectivity index is 2.06. The van der Waals surface area contributed by atoms with Crippen molar-refractivity contribution in [2.24, 2.45) is 0 Å². The van der Waals surface area contributed by atoms with E-state index >= 15 is 0 Å². The van der Waals surface area contributed by atoms with Crippen molar-refractivity contribution < 1.29 is 24.4 Å². The van der Waals surface area contributed by atoms with Gasteiger partial charge in [0.25, 0.3) is 0 Å². The van der Waals surface area contributed by atoms with Crippen LogP contribution in [0.15, 0.2) is 17.1 Å². The molecule has 2 aromatic heterocycles. The summed E-state index contributed by atoms with van der Waals surface area (Å²) in [5, 5.41) is 28.8. The number of aromatic amines is 1. The molecule has 4 atom stereocenters. The predicted octanol–water partition coefficient (Wildman–Crippen LogP) is -1.52. The van der Waals surface area contributed by atoms with Crippen LogP contribution in [-0.4, -0.2) is 54.8 Å². The molecule has 108 valence electrons. The van der Waals surface area contributed by atoms with Gasteiger partial charge in [-0.1, -0.05) is 0 Å². The van der Waals surface area contributed by atoms with Gasteiger partial charge < -0.3 is 25.0 Å². The summed E-state index contributed by atoms with van der Waals surface area (Å²) < 4.78 is 19.2. The van der Waals surface area contributed by atoms with E-state index in [1.54, 1.807) is 0 Å². The van der Waals surface area contributed by atoms with Crippen LogP contribution in [0.4, 0.5) is 4.39 Å². The quantitative estimate of drug-likeness (QED) is 0.531. The van der Waals surface area contributed by atoms with Gasteiger partial charge in [0.2, 0.25) is 0 Å². The van der Waals surface area contributed by atoms with E-state index < -0.39 is 42.8 Å². The molecule has 0 bridgehead atoms. The Bertz CT molecular complexity index is 699. The maximum atomic E-state index is 13.1. The Morgan fingerprint density at radius 2 is 2.20 bits per heavy atom. The number of aliphatic hydroxyl groups is 3. The van der Waals surface area contributed by atoms with Gasteiger partial charge in [-0.05, 0) is 0 Å². The standard InChI is InChI=1S/C11H12FN3O5/c12-6-1-4-2-15(11(19)14-9(4)13-6)10-8(18)7(17)5(3-16)20-10/h1-2,5,7-8,10,16-18H,3H2,(H,13,14,19). The number of halogens is 1. The lowest BCUT2D eigenvalue weighted by Crippen LogP contribution is -2.35. The smallest absolute Gasteiger partial charge is 0.351 e. The zero-order chi connectivity index (χ0) is 14.4. The molecule has 3 rings (SSSR count). The fourth-order valence-corrected chi connectivity index (χ4v) is 2.27. The van der Waals surface area contributed by atoms with E-state index in [1.165, 1.54) is 6.20 Å². The van der Waals surface area contributed by atoms with Gasteiger partial charge in [0.15, 0.2) is 12.2 Å². The Morgan fingerprint density at radius 3 is 2.85 bits per heavy atom. The van der Waals surface area contributed by atoms with Gasteiger partial charge in [-0.3, -0.25) is 4.57 Å². The lowest BCUT2D eigenvalue weighted by molar-refractivity contribution is -0.0547. The van der Waals surface area contributed by atoms with Crippen LogP contribution in [0.3, 0.4) is 0 Å². The first kappa shape index (κ1) is 13.2. The highest BCUT2D eigenvalue weighted by molar-refractivity contribution is 5.74. The number of rotatable bonds is 2. The van der Waals surface area contributed by atoms with E-state index in [0.29, 0.717) is 5.39 Å². The lowest BCUT2D eigenvalue weighted by Gasteiger charge is -2.16. The molecule has 0 amide bonds. The third-order valence-electron chi connectivity index (χ3n) is 3.29. The molecule has 1 aliphatic heterocycles. The maximum absolute atomic E-state index is 13.1. The topological polar surface area (TPSA) is 121 Å². The zero-order valence-electron chi connectivity index (χ0n) is 10.1. The molecule has 0 spiro atoms. The predicted molar refractivity (Wildman–Crippen MR) is 63.3 cm³/mol. The number of aromatic nitrogens is 3. The molecule has 8 nitrogen and oxygen atoms in total. The van der Waals surface area contributed by atoms with Crippen molar-refractivity contribution in [1.82, 2.24) is 14.5 Å². The van der Waals surface area contributed by atoms with Crippen molar-refractivity contribution in [1.29, 1.82) is 0 Å². The van der Waals surface area contributed by atoms with Crippen LogP contribution in [0, 0.1) is 5.95 Å². The van der Waals surface area contributed by atoms with Gasteiger partial charge in [-0.2, -0.15) is 9.37 Å². The fourth-order valence-electron chi connectivity index (χ4n) is 2.27. The van der Waals surface area contributed by atoms with Crippen molar-refractivity contribution in [3.63, 3.8) is 0 Å². The first-order chi connectivity index (χ1) is 9.51. The first-order valence-electron chi connectivity index (χ1n) is 5.91. The zero-order valence-corrected chi connectivity index (χ0v) is 10.1. The Morgan fingerprint density at radius 1 is 1.45 bits per heavy atom. The summed E-state index contributed by atoms with van der Waals surface area (Å²) in [6, 6.07) is 1.14. The molecule has 4 unspecified atom stereocenters. The number of H-pyrrole nitrogens is 1. The average molecular weight is 285 g/mol. The van der Waals surface area contributed by atoms with Crippen molar-refractivity contribution >= 4 is 11.0 Å². The average Bonchev–Trinajstić information content (AvgIpc) is 2.89. The van der Waals surface area contributed by atoms with E-state index in [1.807, 2.05) is 0 Å². The minimum absolute atomic E-state index is 0.0792. The summed E-state index contributed by atoms with van der Waals surface area (Å²) in [6.45, 7) is -0.502. The second-order valence-corrected chi connectivity index (χ2v) is 4.58. The molecule has 1 aliphatic rings. The van der Waals surface area contributed by atoms with Crippen molar-refractivity contribution in [3.05, 3.63) is 28.7 Å². The van der Waals surface area contributed by atoms with Crippen LogP contribution in [0.5, 0.6) is 0 Å². The van der Waals surface area contributed by atoms with E-state index in [9.17, 15) is 19.4 Å². The largest absolute Gasteiger partial charge is 0.394 e. The number of hydrogen-bond donors (Lipinski definition) is 4. The van der Waals surface area contributed by atoms with Gasteiger partial charge >= 0.3 is 5.69 Å². The number of ether oxygens (including phenoxy) is 1. The molecular formula is C11H12FN3O5. The van der Waals surface area contributed by atoms with E-state index in [-0.39, 0.29) is 5.65 Å². The number of nitrogens with zero attached hydrogens (tertiary/aromatic N) is 2. The second kappa shape index (κ2) is 4.63. The molecule has 0 radical (unpaired) electrons. The molecule has 1 saturated heterocycles. The van der Waals surface area contributed by atoms with Gasteiger partial charge in [-0.15, -0.1) is 0 Å². The van der Waals surface area contributed by atoms with Gasteiger partial charge in [-0.25, -0.2) is 4.79 Å². The molecule has 0 saturated carbocycles. The highest BCUT2D eigenvalue weighted by Crippen LogP contribution is 2.28. The van der Waals surface area contributed by atoms with Crippen molar-refractivity contribution in [2.45, 2.75) is 24.5 Å². The minimum Gasteiger partial charge on any atom is -0.394 e. The monoisotopic (exact) mass is 285 g/mol. The first-order valence-corrected chi connectivity index (χ1v) is 5.91. The Labute approximate surface area is 111 Å². The summed E-state index contributed by atoms with van der Waals surface area (Å²) >= 11 is 0. The molecule has 1 fully saturated rings. The molecule has 20 heavy (non-hydrogen) atoms. The highest BCUT2D eigenvalue weighted by Gasteiger charge is 2.43. The molecule has 0 aliphatic carbocycles.